The lowest BCUT2D eigenvalue weighted by Crippen LogP contribution is -2.43. The summed E-state index contributed by atoms with van der Waals surface area (Å²) in [7, 11) is 0. The van der Waals surface area contributed by atoms with Crippen molar-refractivity contribution in [1.29, 1.82) is 0 Å². The average molecular weight is 456 g/mol. The zero-order valence-electron chi connectivity index (χ0n) is 20.7. The first-order valence-electron chi connectivity index (χ1n) is 12.5. The van der Waals surface area contributed by atoms with E-state index in [1.54, 1.807) is 4.90 Å². The molecule has 0 bridgehead atoms. The SMILES string of the molecule is [2H]C1([2H])CCO[C@@H]2C[C@@H]2N1c1nc(OC([2H])([2H])[C@@]23CCCN2C[C@H](F)C3)nc2c(F)c(Cl)ncc12. The van der Waals surface area contributed by atoms with Crippen LogP contribution in [0.3, 0.4) is 0 Å². The van der Waals surface area contributed by atoms with Crippen LogP contribution < -0.4 is 9.64 Å². The molecule has 4 aliphatic rings. The van der Waals surface area contributed by atoms with Gasteiger partial charge in [0.25, 0.3) is 0 Å². The van der Waals surface area contributed by atoms with Crippen molar-refractivity contribution in [2.45, 2.75) is 56.0 Å². The fourth-order valence-corrected chi connectivity index (χ4v) is 5.10. The van der Waals surface area contributed by atoms with Crippen LogP contribution in [0, 0.1) is 5.82 Å². The van der Waals surface area contributed by atoms with Gasteiger partial charge in [-0.05, 0) is 32.2 Å². The number of fused-ring (bicyclic) bond motifs is 3. The van der Waals surface area contributed by atoms with E-state index in [1.807, 2.05) is 0 Å². The van der Waals surface area contributed by atoms with Crippen LogP contribution in [0.2, 0.25) is 5.15 Å². The molecule has 31 heavy (non-hydrogen) atoms. The first kappa shape index (κ1) is 15.9. The summed E-state index contributed by atoms with van der Waals surface area (Å²) in [6.07, 6.45) is 1.61. The zero-order valence-corrected chi connectivity index (χ0v) is 17.4. The number of alkyl halides is 1. The van der Waals surface area contributed by atoms with Gasteiger partial charge in [-0.1, -0.05) is 11.6 Å². The van der Waals surface area contributed by atoms with Gasteiger partial charge in [-0.2, -0.15) is 9.97 Å². The highest BCUT2D eigenvalue weighted by Gasteiger charge is 2.49. The maximum atomic E-state index is 15.1. The number of nitrogens with zero attached hydrogens (tertiary/aromatic N) is 5. The molecule has 1 saturated carbocycles. The topological polar surface area (TPSA) is 63.6 Å². The molecule has 166 valence electrons. The Kier molecular flexibility index (Phi) is 3.77. The van der Waals surface area contributed by atoms with Crippen LogP contribution >= 0.6 is 11.6 Å². The van der Waals surface area contributed by atoms with Crippen molar-refractivity contribution >= 4 is 28.3 Å². The van der Waals surface area contributed by atoms with E-state index >= 15 is 4.39 Å². The Morgan fingerprint density at radius 3 is 3.23 bits per heavy atom. The van der Waals surface area contributed by atoms with Gasteiger partial charge in [0.2, 0.25) is 0 Å². The molecule has 4 fully saturated rings. The molecule has 2 aromatic rings. The van der Waals surface area contributed by atoms with Crippen LogP contribution in [0.4, 0.5) is 14.6 Å². The van der Waals surface area contributed by atoms with Gasteiger partial charge in [-0.25, -0.2) is 13.8 Å². The molecular formula is C21H24ClF2N5O2. The molecule has 0 radical (unpaired) electrons. The third kappa shape index (κ3) is 3.32. The number of rotatable bonds is 4. The van der Waals surface area contributed by atoms with Crippen LogP contribution in [0.15, 0.2) is 6.20 Å². The minimum absolute atomic E-state index is 0.0275. The van der Waals surface area contributed by atoms with E-state index in [0.717, 1.165) is 0 Å². The van der Waals surface area contributed by atoms with Crippen LogP contribution in [-0.4, -0.2) is 76.5 Å². The van der Waals surface area contributed by atoms with Crippen molar-refractivity contribution in [3.8, 4) is 6.01 Å². The molecule has 0 spiro atoms. The quantitative estimate of drug-likeness (QED) is 0.656. The Morgan fingerprint density at radius 1 is 1.42 bits per heavy atom. The average Bonchev–Trinajstić information content (AvgIpc) is 3.28. The molecule has 3 aliphatic heterocycles. The number of hydrogen-bond acceptors (Lipinski definition) is 7. The molecule has 0 amide bonds. The van der Waals surface area contributed by atoms with Gasteiger partial charge in [0.15, 0.2) is 11.0 Å². The van der Waals surface area contributed by atoms with Crippen molar-refractivity contribution in [2.75, 3.05) is 37.7 Å². The van der Waals surface area contributed by atoms with Gasteiger partial charge in [0.05, 0.1) is 25.8 Å². The van der Waals surface area contributed by atoms with Crippen molar-refractivity contribution < 1.29 is 23.7 Å². The van der Waals surface area contributed by atoms with E-state index in [-0.39, 0.29) is 54.9 Å². The second-order valence-corrected chi connectivity index (χ2v) is 8.89. The first-order chi connectivity index (χ1) is 16.5. The molecule has 6 rings (SSSR count). The normalized spacial score (nSPS) is 36.7. The molecule has 0 N–H and O–H groups in total. The van der Waals surface area contributed by atoms with Crippen molar-refractivity contribution in [3.05, 3.63) is 17.2 Å². The van der Waals surface area contributed by atoms with Crippen molar-refractivity contribution in [1.82, 2.24) is 19.9 Å². The minimum Gasteiger partial charge on any atom is -0.461 e. The standard InChI is InChI=1S/C21H24ClF2N5O2/c22-18-16(24)17-13(9-25-18)19(29-5-2-6-30-15-7-14(15)29)27-20(26-17)31-11-21-3-1-4-28(21)10-12(23)8-21/h9,12,14-15H,1-8,10-11H2/t12-,14+,15-,21+/m1/s1/i5D2,11D2. The minimum atomic E-state index is -2.38. The lowest BCUT2D eigenvalue weighted by molar-refractivity contribution is 0.107. The van der Waals surface area contributed by atoms with E-state index < -0.39 is 41.7 Å². The first-order valence-corrected chi connectivity index (χ1v) is 10.9. The summed E-state index contributed by atoms with van der Waals surface area (Å²) in [5, 5.41) is -0.305. The number of hydrogen-bond donors (Lipinski definition) is 0. The Hall–Kier alpha value is -1.84. The molecule has 0 unspecified atom stereocenters. The van der Waals surface area contributed by atoms with Crippen LogP contribution in [0.1, 0.15) is 37.6 Å². The highest BCUT2D eigenvalue weighted by Crippen LogP contribution is 2.42. The molecule has 7 nitrogen and oxygen atoms in total. The highest BCUT2D eigenvalue weighted by atomic mass is 35.5. The predicted molar refractivity (Wildman–Crippen MR) is 111 cm³/mol. The summed E-state index contributed by atoms with van der Waals surface area (Å²) in [5.74, 6) is -0.912. The van der Waals surface area contributed by atoms with Crippen molar-refractivity contribution in [2.24, 2.45) is 0 Å². The Morgan fingerprint density at radius 2 is 2.32 bits per heavy atom. The maximum absolute atomic E-state index is 15.1. The summed E-state index contributed by atoms with van der Waals surface area (Å²) < 4.78 is 75.6. The molecule has 1 aliphatic carbocycles. The molecule has 10 heteroatoms. The van der Waals surface area contributed by atoms with Crippen LogP contribution in [0.5, 0.6) is 6.01 Å². The molecular weight excluding hydrogens is 428 g/mol. The molecule has 0 aromatic carbocycles. The highest BCUT2D eigenvalue weighted by molar-refractivity contribution is 6.30. The molecule has 2 aromatic heterocycles. The summed E-state index contributed by atoms with van der Waals surface area (Å²) in [5.41, 5.74) is -1.44. The van der Waals surface area contributed by atoms with Gasteiger partial charge >= 0.3 is 6.01 Å². The Labute approximate surface area is 189 Å². The second kappa shape index (κ2) is 7.35. The number of ether oxygens (including phenoxy) is 2. The van der Waals surface area contributed by atoms with Gasteiger partial charge in [-0.3, -0.25) is 4.90 Å². The number of aromatic nitrogens is 3. The summed E-state index contributed by atoms with van der Waals surface area (Å²) >= 11 is 5.90. The third-order valence-corrected chi connectivity index (χ3v) is 6.77. The summed E-state index contributed by atoms with van der Waals surface area (Å²) in [6.45, 7) is -3.36. The summed E-state index contributed by atoms with van der Waals surface area (Å²) in [6, 6.07) is -0.805. The van der Waals surface area contributed by atoms with Crippen molar-refractivity contribution in [3.63, 3.8) is 0 Å². The van der Waals surface area contributed by atoms with Gasteiger partial charge in [0.1, 0.15) is 24.1 Å². The van der Waals surface area contributed by atoms with E-state index in [9.17, 15) is 4.39 Å². The monoisotopic (exact) mass is 455 g/mol. The zero-order chi connectivity index (χ0) is 24.8. The second-order valence-electron chi connectivity index (χ2n) is 8.53. The van der Waals surface area contributed by atoms with Gasteiger partial charge in [0, 0.05) is 35.0 Å². The number of pyridine rings is 1. The van der Waals surface area contributed by atoms with Crippen LogP contribution in [0.25, 0.3) is 10.9 Å². The lowest BCUT2D eigenvalue weighted by atomic mass is 9.95. The Balaban J connectivity index is 1.47. The fraction of sp³-hybridized carbons (Fsp3) is 0.667. The predicted octanol–water partition coefficient (Wildman–Crippen LogP) is 3.14. The van der Waals surface area contributed by atoms with E-state index in [4.69, 9.17) is 26.6 Å². The Bertz CT molecular complexity index is 1200. The maximum Gasteiger partial charge on any atom is 0.319 e. The number of halogens is 3. The summed E-state index contributed by atoms with van der Waals surface area (Å²) in [4.78, 5) is 15.6. The molecule has 3 saturated heterocycles. The van der Waals surface area contributed by atoms with E-state index in [2.05, 4.69) is 15.0 Å². The molecule has 5 heterocycles. The third-order valence-electron chi connectivity index (χ3n) is 6.51. The fourth-order valence-electron chi connectivity index (χ4n) is 4.96. The van der Waals surface area contributed by atoms with E-state index in [0.29, 0.717) is 25.8 Å². The van der Waals surface area contributed by atoms with Crippen LogP contribution in [-0.2, 0) is 4.74 Å². The van der Waals surface area contributed by atoms with Gasteiger partial charge < -0.3 is 14.4 Å². The smallest absolute Gasteiger partial charge is 0.319 e. The van der Waals surface area contributed by atoms with E-state index in [1.165, 1.54) is 11.1 Å². The molecule has 4 atom stereocenters. The number of anilines is 1. The lowest BCUT2D eigenvalue weighted by Gasteiger charge is -2.31. The largest absolute Gasteiger partial charge is 0.461 e. The van der Waals surface area contributed by atoms with Gasteiger partial charge in [-0.15, -0.1) is 0 Å².